The Bertz CT molecular complexity index is 362. The molecule has 0 radical (unpaired) electrons. The Labute approximate surface area is 118 Å². The summed E-state index contributed by atoms with van der Waals surface area (Å²) in [5.41, 5.74) is 0.133. The molecule has 1 aliphatic heterocycles. The van der Waals surface area contributed by atoms with Gasteiger partial charge in [0.1, 0.15) is 0 Å². The molecule has 1 aliphatic rings. The molecule has 0 amide bonds. The summed E-state index contributed by atoms with van der Waals surface area (Å²) in [6, 6.07) is 0.142. The van der Waals surface area contributed by atoms with E-state index in [1.54, 1.807) is 6.92 Å². The van der Waals surface area contributed by atoms with Crippen LogP contribution in [0.4, 0.5) is 0 Å². The molecule has 1 heterocycles. The number of sulfonamides is 1. The number of hydrogen-bond acceptors (Lipinski definition) is 4. The van der Waals surface area contributed by atoms with E-state index < -0.39 is 10.0 Å². The lowest BCUT2D eigenvalue weighted by Crippen LogP contribution is -2.52. The van der Waals surface area contributed by atoms with Gasteiger partial charge in [0.25, 0.3) is 0 Å². The topological polar surface area (TPSA) is 61.4 Å². The van der Waals surface area contributed by atoms with Crippen LogP contribution in [0.5, 0.6) is 0 Å². The summed E-state index contributed by atoms with van der Waals surface area (Å²) in [6.07, 6.45) is 2.57. The summed E-state index contributed by atoms with van der Waals surface area (Å²) >= 11 is 0. The summed E-state index contributed by atoms with van der Waals surface area (Å²) in [7, 11) is -3.08. The van der Waals surface area contributed by atoms with E-state index in [9.17, 15) is 8.42 Å². The van der Waals surface area contributed by atoms with E-state index in [1.807, 2.05) is 6.92 Å². The van der Waals surface area contributed by atoms with Crippen molar-refractivity contribution in [1.82, 2.24) is 14.9 Å². The number of likely N-dealkylation sites (tertiary alicyclic amines) is 1. The van der Waals surface area contributed by atoms with Crippen molar-refractivity contribution in [2.45, 2.75) is 52.1 Å². The maximum absolute atomic E-state index is 11.4. The van der Waals surface area contributed by atoms with Gasteiger partial charge in [-0.15, -0.1) is 0 Å². The Balaban J connectivity index is 2.31. The molecule has 0 aromatic rings. The molecule has 0 bridgehead atoms. The number of rotatable bonds is 8. The number of nitrogens with zero attached hydrogens (tertiary/aromatic N) is 1. The highest BCUT2D eigenvalue weighted by Crippen LogP contribution is 2.20. The molecule has 0 aromatic heterocycles. The van der Waals surface area contributed by atoms with Crippen LogP contribution in [0.2, 0.25) is 0 Å². The molecule has 0 saturated carbocycles. The van der Waals surface area contributed by atoms with Gasteiger partial charge in [-0.25, -0.2) is 13.1 Å². The first-order chi connectivity index (χ1) is 8.77. The first-order valence-electron chi connectivity index (χ1n) is 7.22. The predicted molar refractivity (Wildman–Crippen MR) is 79.8 cm³/mol. The van der Waals surface area contributed by atoms with E-state index >= 15 is 0 Å². The molecule has 6 heteroatoms. The van der Waals surface area contributed by atoms with Crippen LogP contribution in [0.25, 0.3) is 0 Å². The molecule has 0 aromatic carbocycles. The molecular weight excluding hydrogens is 262 g/mol. The van der Waals surface area contributed by atoms with Crippen LogP contribution < -0.4 is 10.0 Å². The van der Waals surface area contributed by atoms with E-state index in [0.717, 1.165) is 6.54 Å². The van der Waals surface area contributed by atoms with Crippen molar-refractivity contribution in [2.24, 2.45) is 0 Å². The van der Waals surface area contributed by atoms with Crippen LogP contribution in [0, 0.1) is 0 Å². The summed E-state index contributed by atoms with van der Waals surface area (Å²) in [6.45, 7) is 11.8. The van der Waals surface area contributed by atoms with Crippen LogP contribution in [-0.2, 0) is 10.0 Å². The summed E-state index contributed by atoms with van der Waals surface area (Å²) < 4.78 is 25.3. The monoisotopic (exact) mass is 291 g/mol. The third-order valence-corrected chi connectivity index (χ3v) is 5.20. The molecule has 0 spiro atoms. The maximum Gasteiger partial charge on any atom is 0.211 e. The van der Waals surface area contributed by atoms with Crippen molar-refractivity contribution in [3.05, 3.63) is 0 Å². The average molecular weight is 291 g/mol. The molecule has 114 valence electrons. The lowest BCUT2D eigenvalue weighted by molar-refractivity contribution is 0.148. The second kappa shape index (κ2) is 7.02. The van der Waals surface area contributed by atoms with Crippen LogP contribution >= 0.6 is 0 Å². The highest BCUT2D eigenvalue weighted by molar-refractivity contribution is 7.89. The van der Waals surface area contributed by atoms with Crippen LogP contribution in [-0.4, -0.2) is 56.8 Å². The molecule has 2 N–H and O–H groups in total. The molecule has 0 unspecified atom stereocenters. The standard InChI is InChI=1S/C13H29N3O2S/c1-5-19(17,18)15-10-12(2)14-11-13(3,4)16-8-6-7-9-16/h12,14-15H,5-11H2,1-4H3/t12-/m1/s1. The van der Waals surface area contributed by atoms with Gasteiger partial charge in [-0.05, 0) is 53.6 Å². The Hall–Kier alpha value is -0.170. The van der Waals surface area contributed by atoms with Crippen molar-refractivity contribution in [3.63, 3.8) is 0 Å². The third-order valence-electron chi connectivity index (χ3n) is 3.83. The minimum atomic E-state index is -3.08. The number of hydrogen-bond donors (Lipinski definition) is 2. The Morgan fingerprint density at radius 2 is 1.84 bits per heavy atom. The van der Waals surface area contributed by atoms with Gasteiger partial charge in [0.15, 0.2) is 0 Å². The van der Waals surface area contributed by atoms with Crippen molar-refractivity contribution in [3.8, 4) is 0 Å². The molecular formula is C13H29N3O2S. The van der Waals surface area contributed by atoms with Crippen molar-refractivity contribution < 1.29 is 8.42 Å². The Morgan fingerprint density at radius 3 is 2.37 bits per heavy atom. The molecule has 1 atom stereocenters. The van der Waals surface area contributed by atoms with Gasteiger partial charge in [-0.2, -0.15) is 0 Å². The summed E-state index contributed by atoms with van der Waals surface area (Å²) in [5.74, 6) is 0.138. The van der Waals surface area contributed by atoms with E-state index in [-0.39, 0.29) is 17.3 Å². The van der Waals surface area contributed by atoms with E-state index in [2.05, 4.69) is 28.8 Å². The number of nitrogens with one attached hydrogen (secondary N) is 2. The predicted octanol–water partition coefficient (Wildman–Crippen LogP) is 0.778. The first-order valence-corrected chi connectivity index (χ1v) is 8.88. The Morgan fingerprint density at radius 1 is 1.26 bits per heavy atom. The quantitative estimate of drug-likeness (QED) is 0.694. The van der Waals surface area contributed by atoms with Gasteiger partial charge >= 0.3 is 0 Å². The second-order valence-corrected chi connectivity index (χ2v) is 8.14. The molecule has 1 fully saturated rings. The zero-order valence-electron chi connectivity index (χ0n) is 12.7. The van der Waals surface area contributed by atoms with Gasteiger partial charge in [0, 0.05) is 24.7 Å². The van der Waals surface area contributed by atoms with Crippen molar-refractivity contribution >= 4 is 10.0 Å². The lowest BCUT2D eigenvalue weighted by Gasteiger charge is -2.36. The van der Waals surface area contributed by atoms with Crippen molar-refractivity contribution in [2.75, 3.05) is 31.9 Å². The molecule has 1 saturated heterocycles. The highest BCUT2D eigenvalue weighted by atomic mass is 32.2. The fraction of sp³-hybridized carbons (Fsp3) is 1.00. The van der Waals surface area contributed by atoms with Gasteiger partial charge < -0.3 is 5.32 Å². The average Bonchev–Trinajstić information content (AvgIpc) is 2.89. The lowest BCUT2D eigenvalue weighted by atomic mass is 10.0. The van der Waals surface area contributed by atoms with Gasteiger partial charge in [0.2, 0.25) is 10.0 Å². The van der Waals surface area contributed by atoms with Crippen LogP contribution in [0.3, 0.4) is 0 Å². The molecule has 19 heavy (non-hydrogen) atoms. The van der Waals surface area contributed by atoms with Crippen molar-refractivity contribution in [1.29, 1.82) is 0 Å². The minimum absolute atomic E-state index is 0.133. The fourth-order valence-corrected chi connectivity index (χ4v) is 2.99. The first kappa shape index (κ1) is 16.9. The SMILES string of the molecule is CCS(=O)(=O)NC[C@@H](C)NCC(C)(C)N1CCCC1. The third kappa shape index (κ3) is 5.77. The van der Waals surface area contributed by atoms with Gasteiger partial charge in [-0.1, -0.05) is 0 Å². The summed E-state index contributed by atoms with van der Waals surface area (Å²) in [4.78, 5) is 2.50. The van der Waals surface area contributed by atoms with E-state index in [4.69, 9.17) is 0 Å². The second-order valence-electron chi connectivity index (χ2n) is 6.04. The molecule has 5 nitrogen and oxygen atoms in total. The fourth-order valence-electron chi connectivity index (χ4n) is 2.28. The zero-order valence-corrected chi connectivity index (χ0v) is 13.5. The van der Waals surface area contributed by atoms with Gasteiger partial charge in [0.05, 0.1) is 5.75 Å². The molecule has 1 rings (SSSR count). The van der Waals surface area contributed by atoms with Crippen LogP contribution in [0.1, 0.15) is 40.5 Å². The Kier molecular flexibility index (Phi) is 6.23. The largest absolute Gasteiger partial charge is 0.311 e. The van der Waals surface area contributed by atoms with Gasteiger partial charge in [-0.3, -0.25) is 4.90 Å². The van der Waals surface area contributed by atoms with E-state index in [0.29, 0.717) is 6.54 Å². The smallest absolute Gasteiger partial charge is 0.211 e. The zero-order chi connectivity index (χ0) is 14.5. The van der Waals surface area contributed by atoms with Crippen LogP contribution in [0.15, 0.2) is 0 Å². The normalized spacial score (nSPS) is 19.8. The maximum atomic E-state index is 11.4. The van der Waals surface area contributed by atoms with E-state index in [1.165, 1.54) is 25.9 Å². The highest BCUT2D eigenvalue weighted by Gasteiger charge is 2.28. The molecule has 0 aliphatic carbocycles. The minimum Gasteiger partial charge on any atom is -0.311 e. The summed E-state index contributed by atoms with van der Waals surface area (Å²) in [5, 5.41) is 3.43.